The van der Waals surface area contributed by atoms with Crippen LogP contribution in [0.3, 0.4) is 0 Å². The predicted molar refractivity (Wildman–Crippen MR) is 73.1 cm³/mol. The number of aliphatic carboxylic acids is 1. The van der Waals surface area contributed by atoms with Gasteiger partial charge in [0.25, 0.3) is 0 Å². The lowest BCUT2D eigenvalue weighted by atomic mass is 9.78. The average Bonchev–Trinajstić information content (AvgIpc) is 2.38. The van der Waals surface area contributed by atoms with Gasteiger partial charge in [-0.2, -0.15) is 0 Å². The molecular formula is C15H23F2NO3. The first-order valence-electron chi connectivity index (χ1n) is 7.74. The van der Waals surface area contributed by atoms with Gasteiger partial charge >= 0.3 is 5.97 Å². The van der Waals surface area contributed by atoms with Crippen LogP contribution in [-0.4, -0.2) is 28.4 Å². The van der Waals surface area contributed by atoms with Gasteiger partial charge in [0.1, 0.15) is 0 Å². The Morgan fingerprint density at radius 1 is 1.05 bits per heavy atom. The van der Waals surface area contributed by atoms with E-state index in [9.17, 15) is 18.4 Å². The Bertz CT molecular complexity index is 396. The monoisotopic (exact) mass is 303 g/mol. The minimum Gasteiger partial charge on any atom is -0.481 e. The fourth-order valence-electron chi connectivity index (χ4n) is 3.53. The van der Waals surface area contributed by atoms with Crippen molar-refractivity contribution in [1.29, 1.82) is 0 Å². The second kappa shape index (κ2) is 6.28. The van der Waals surface area contributed by atoms with Crippen molar-refractivity contribution in [3.63, 3.8) is 0 Å². The number of nitrogens with one attached hydrogen (secondary N) is 1. The highest BCUT2D eigenvalue weighted by molar-refractivity contribution is 5.80. The molecule has 0 aromatic carbocycles. The summed E-state index contributed by atoms with van der Waals surface area (Å²) in [5.74, 6) is -4.22. The van der Waals surface area contributed by atoms with Crippen LogP contribution in [0.2, 0.25) is 0 Å². The largest absolute Gasteiger partial charge is 0.481 e. The molecule has 21 heavy (non-hydrogen) atoms. The number of alkyl halides is 2. The van der Waals surface area contributed by atoms with Crippen LogP contribution >= 0.6 is 0 Å². The zero-order valence-electron chi connectivity index (χ0n) is 12.2. The molecule has 0 unspecified atom stereocenters. The second-order valence-corrected chi connectivity index (χ2v) is 6.53. The molecule has 2 N–H and O–H groups in total. The van der Waals surface area contributed by atoms with Crippen molar-refractivity contribution in [2.24, 2.45) is 5.92 Å². The van der Waals surface area contributed by atoms with E-state index in [-0.39, 0.29) is 38.0 Å². The van der Waals surface area contributed by atoms with E-state index in [2.05, 4.69) is 5.32 Å². The lowest BCUT2D eigenvalue weighted by molar-refractivity contribution is -0.140. The predicted octanol–water partition coefficient (Wildman–Crippen LogP) is 3.11. The van der Waals surface area contributed by atoms with Crippen LogP contribution in [0.15, 0.2) is 0 Å². The normalized spacial score (nSPS) is 25.2. The van der Waals surface area contributed by atoms with Crippen LogP contribution in [0.5, 0.6) is 0 Å². The number of carboxylic acids is 1. The molecule has 4 nitrogen and oxygen atoms in total. The number of rotatable bonds is 4. The second-order valence-electron chi connectivity index (χ2n) is 6.53. The van der Waals surface area contributed by atoms with Crippen molar-refractivity contribution < 1.29 is 23.5 Å². The number of carbonyl (C=O) groups excluding carboxylic acids is 1. The molecular weight excluding hydrogens is 280 g/mol. The lowest BCUT2D eigenvalue weighted by Crippen LogP contribution is -2.53. The van der Waals surface area contributed by atoms with E-state index >= 15 is 0 Å². The van der Waals surface area contributed by atoms with Crippen LogP contribution in [0, 0.1) is 5.92 Å². The van der Waals surface area contributed by atoms with Gasteiger partial charge in [-0.15, -0.1) is 0 Å². The summed E-state index contributed by atoms with van der Waals surface area (Å²) < 4.78 is 26.3. The van der Waals surface area contributed by atoms with Crippen molar-refractivity contribution in [3.05, 3.63) is 0 Å². The molecule has 0 aliphatic heterocycles. The van der Waals surface area contributed by atoms with Crippen LogP contribution in [-0.2, 0) is 9.59 Å². The molecule has 0 radical (unpaired) electrons. The molecule has 2 fully saturated rings. The summed E-state index contributed by atoms with van der Waals surface area (Å²) in [6.45, 7) is 0. The van der Waals surface area contributed by atoms with E-state index in [0.717, 1.165) is 19.3 Å². The minimum absolute atomic E-state index is 0.0817. The third-order valence-corrected chi connectivity index (χ3v) is 4.78. The van der Waals surface area contributed by atoms with E-state index in [4.69, 9.17) is 5.11 Å². The standard InChI is InChI=1S/C15H23F2NO3/c16-15(17)8-4-11(5-9-15)13(21)18-14(10-12(19)20)6-2-1-3-7-14/h11H,1-10H2,(H,18,21)(H,19,20). The van der Waals surface area contributed by atoms with Crippen LogP contribution in [0.1, 0.15) is 64.2 Å². The van der Waals surface area contributed by atoms with E-state index in [0.29, 0.717) is 12.8 Å². The van der Waals surface area contributed by atoms with Crippen LogP contribution in [0.25, 0.3) is 0 Å². The number of hydrogen-bond donors (Lipinski definition) is 2. The van der Waals surface area contributed by atoms with Gasteiger partial charge in [0.05, 0.1) is 12.0 Å². The number of carbonyl (C=O) groups is 2. The maximum Gasteiger partial charge on any atom is 0.305 e. The highest BCUT2D eigenvalue weighted by Crippen LogP contribution is 2.37. The third kappa shape index (κ3) is 4.38. The zero-order chi connectivity index (χ0) is 15.5. The van der Waals surface area contributed by atoms with Crippen LogP contribution < -0.4 is 5.32 Å². The first kappa shape index (κ1) is 16.2. The number of halogens is 2. The zero-order valence-corrected chi connectivity index (χ0v) is 12.2. The van der Waals surface area contributed by atoms with Gasteiger partial charge in [0.15, 0.2) is 0 Å². The van der Waals surface area contributed by atoms with Gasteiger partial charge in [-0.1, -0.05) is 19.3 Å². The van der Waals surface area contributed by atoms with Gasteiger partial charge in [0.2, 0.25) is 11.8 Å². The first-order chi connectivity index (χ1) is 9.82. The summed E-state index contributed by atoms with van der Waals surface area (Å²) in [4.78, 5) is 23.4. The van der Waals surface area contributed by atoms with Crippen molar-refractivity contribution in [3.8, 4) is 0 Å². The van der Waals surface area contributed by atoms with Gasteiger partial charge in [-0.3, -0.25) is 9.59 Å². The van der Waals surface area contributed by atoms with E-state index in [1.807, 2.05) is 0 Å². The van der Waals surface area contributed by atoms with E-state index in [1.165, 1.54) is 0 Å². The number of carboxylic acid groups (broad SMARTS) is 1. The van der Waals surface area contributed by atoms with Crippen LogP contribution in [0.4, 0.5) is 8.78 Å². The summed E-state index contributed by atoms with van der Waals surface area (Å²) >= 11 is 0. The minimum atomic E-state index is -2.65. The SMILES string of the molecule is O=C(O)CC1(NC(=O)C2CCC(F)(F)CC2)CCCCC1. The molecule has 0 aromatic heterocycles. The molecule has 2 saturated carbocycles. The van der Waals surface area contributed by atoms with Crippen molar-refractivity contribution in [1.82, 2.24) is 5.32 Å². The molecule has 1 amide bonds. The van der Waals surface area contributed by atoms with Gasteiger partial charge in [-0.05, 0) is 25.7 Å². The van der Waals surface area contributed by atoms with Crippen molar-refractivity contribution in [2.75, 3.05) is 0 Å². The van der Waals surface area contributed by atoms with Gasteiger partial charge in [-0.25, -0.2) is 8.78 Å². The summed E-state index contributed by atoms with van der Waals surface area (Å²) in [7, 11) is 0. The molecule has 0 saturated heterocycles. The Labute approximate surface area is 123 Å². The molecule has 0 heterocycles. The maximum absolute atomic E-state index is 13.1. The van der Waals surface area contributed by atoms with Gasteiger partial charge < -0.3 is 10.4 Å². The lowest BCUT2D eigenvalue weighted by Gasteiger charge is -2.39. The maximum atomic E-state index is 13.1. The highest BCUT2D eigenvalue weighted by atomic mass is 19.3. The summed E-state index contributed by atoms with van der Waals surface area (Å²) in [5.41, 5.74) is -0.679. The molecule has 0 bridgehead atoms. The Hall–Kier alpha value is -1.20. The fraction of sp³-hybridized carbons (Fsp3) is 0.867. The smallest absolute Gasteiger partial charge is 0.305 e. The summed E-state index contributed by atoms with van der Waals surface area (Å²) in [6, 6.07) is 0. The highest BCUT2D eigenvalue weighted by Gasteiger charge is 2.41. The number of amides is 1. The molecule has 2 aliphatic rings. The Kier molecular flexibility index (Phi) is 4.84. The molecule has 120 valence electrons. The third-order valence-electron chi connectivity index (χ3n) is 4.78. The van der Waals surface area contributed by atoms with Crippen molar-refractivity contribution >= 4 is 11.9 Å². The van der Waals surface area contributed by atoms with Gasteiger partial charge in [0, 0.05) is 18.8 Å². The topological polar surface area (TPSA) is 66.4 Å². The Balaban J connectivity index is 1.96. The molecule has 0 aromatic rings. The molecule has 6 heteroatoms. The number of hydrogen-bond acceptors (Lipinski definition) is 2. The molecule has 0 atom stereocenters. The summed E-state index contributed by atoms with van der Waals surface area (Å²) in [5, 5.41) is 12.0. The van der Waals surface area contributed by atoms with E-state index in [1.54, 1.807) is 0 Å². The summed E-state index contributed by atoms with van der Waals surface area (Å²) in [6.07, 6.45) is 3.95. The Morgan fingerprint density at radius 3 is 2.14 bits per heavy atom. The molecule has 0 spiro atoms. The first-order valence-corrected chi connectivity index (χ1v) is 7.74. The average molecular weight is 303 g/mol. The Morgan fingerprint density at radius 2 is 1.62 bits per heavy atom. The van der Waals surface area contributed by atoms with E-state index < -0.39 is 23.3 Å². The fourth-order valence-corrected chi connectivity index (χ4v) is 3.53. The quantitative estimate of drug-likeness (QED) is 0.838. The van der Waals surface area contributed by atoms with Crippen molar-refractivity contribution in [2.45, 2.75) is 75.7 Å². The molecule has 2 aliphatic carbocycles. The molecule has 2 rings (SSSR count).